The number of carbonyl (C=O) groups excluding carboxylic acids is 1. The monoisotopic (exact) mass is 352 g/mol. The number of amides is 1. The molecule has 0 fully saturated rings. The number of benzene rings is 2. The summed E-state index contributed by atoms with van der Waals surface area (Å²) in [6.45, 7) is 3.98. The molecule has 0 bridgehead atoms. The van der Waals surface area contributed by atoms with Gasteiger partial charge >= 0.3 is 0 Å². The van der Waals surface area contributed by atoms with Gasteiger partial charge in [0.2, 0.25) is 5.91 Å². The number of hydrogen-bond acceptors (Lipinski definition) is 3. The van der Waals surface area contributed by atoms with Crippen molar-refractivity contribution in [3.05, 3.63) is 75.6 Å². The van der Waals surface area contributed by atoms with E-state index in [4.69, 9.17) is 0 Å². The highest BCUT2D eigenvalue weighted by atomic mass is 32.2. The van der Waals surface area contributed by atoms with Gasteiger partial charge in [0.15, 0.2) is 5.43 Å². The first-order chi connectivity index (χ1) is 12.0. The van der Waals surface area contributed by atoms with Gasteiger partial charge in [0.1, 0.15) is 0 Å². The fourth-order valence-corrected chi connectivity index (χ4v) is 3.37. The zero-order valence-electron chi connectivity index (χ0n) is 14.3. The Kier molecular flexibility index (Phi) is 5.24. The fraction of sp³-hybridized carbons (Fsp3) is 0.200. The highest BCUT2D eigenvalue weighted by Gasteiger charge is 2.06. The van der Waals surface area contributed by atoms with Gasteiger partial charge in [-0.05, 0) is 37.6 Å². The highest BCUT2D eigenvalue weighted by Crippen LogP contribution is 2.16. The van der Waals surface area contributed by atoms with E-state index in [1.807, 2.05) is 56.3 Å². The van der Waals surface area contributed by atoms with E-state index < -0.39 is 0 Å². The lowest BCUT2D eigenvalue weighted by atomic mass is 10.1. The minimum atomic E-state index is -0.0480. The molecule has 0 aliphatic carbocycles. The molecule has 1 amide bonds. The topological polar surface area (TPSA) is 62.0 Å². The largest absolute Gasteiger partial charge is 0.357 e. The Labute approximate surface area is 150 Å². The summed E-state index contributed by atoms with van der Waals surface area (Å²) in [6.07, 6.45) is 0. The van der Waals surface area contributed by atoms with E-state index in [1.54, 1.807) is 6.07 Å². The van der Waals surface area contributed by atoms with Gasteiger partial charge in [0.05, 0.1) is 11.3 Å². The predicted molar refractivity (Wildman–Crippen MR) is 105 cm³/mol. The van der Waals surface area contributed by atoms with E-state index in [2.05, 4.69) is 10.3 Å². The molecule has 3 rings (SSSR count). The molecule has 0 aliphatic heterocycles. The van der Waals surface area contributed by atoms with Crippen molar-refractivity contribution in [2.24, 2.45) is 0 Å². The number of rotatable bonds is 5. The molecular formula is C20H20N2O2S. The van der Waals surface area contributed by atoms with Crippen LogP contribution < -0.4 is 10.7 Å². The zero-order chi connectivity index (χ0) is 17.8. The van der Waals surface area contributed by atoms with Crippen LogP contribution in [0.25, 0.3) is 10.9 Å². The van der Waals surface area contributed by atoms with Crippen molar-refractivity contribution in [2.45, 2.75) is 19.6 Å². The van der Waals surface area contributed by atoms with Crippen LogP contribution in [-0.4, -0.2) is 16.6 Å². The van der Waals surface area contributed by atoms with Gasteiger partial charge in [-0.1, -0.05) is 29.8 Å². The minimum Gasteiger partial charge on any atom is -0.357 e. The standard InChI is InChI=1S/C20H20N2O2S/c1-13-6-8-15(9-7-13)21-19(24)12-25-11-16-10-18(23)17-5-3-4-14(2)20(17)22-16/h3-10H,11-12H2,1-2H3,(H,21,24)(H,22,23). The van der Waals surface area contributed by atoms with Crippen LogP contribution in [0.5, 0.6) is 0 Å². The second kappa shape index (κ2) is 7.57. The second-order valence-electron chi connectivity index (χ2n) is 6.06. The third-order valence-electron chi connectivity index (χ3n) is 3.96. The Balaban J connectivity index is 1.61. The molecule has 0 saturated heterocycles. The third kappa shape index (κ3) is 4.31. The molecule has 1 aromatic heterocycles. The summed E-state index contributed by atoms with van der Waals surface area (Å²) in [4.78, 5) is 27.5. The van der Waals surface area contributed by atoms with Gasteiger partial charge in [-0.3, -0.25) is 9.59 Å². The number of nitrogens with one attached hydrogen (secondary N) is 2. The van der Waals surface area contributed by atoms with Crippen molar-refractivity contribution in [1.82, 2.24) is 4.98 Å². The molecule has 4 nitrogen and oxygen atoms in total. The van der Waals surface area contributed by atoms with Gasteiger partial charge in [-0.15, -0.1) is 11.8 Å². The summed E-state index contributed by atoms with van der Waals surface area (Å²) in [5, 5.41) is 3.57. The van der Waals surface area contributed by atoms with E-state index in [9.17, 15) is 9.59 Å². The summed E-state index contributed by atoms with van der Waals surface area (Å²) >= 11 is 1.48. The van der Waals surface area contributed by atoms with Crippen molar-refractivity contribution in [2.75, 3.05) is 11.1 Å². The number of pyridine rings is 1. The number of aryl methyl sites for hydroxylation is 2. The van der Waals surface area contributed by atoms with E-state index in [0.29, 0.717) is 16.9 Å². The smallest absolute Gasteiger partial charge is 0.234 e. The molecule has 0 atom stereocenters. The number of aromatic nitrogens is 1. The van der Waals surface area contributed by atoms with Gasteiger partial charge in [0, 0.05) is 28.6 Å². The van der Waals surface area contributed by atoms with E-state index in [-0.39, 0.29) is 11.3 Å². The first kappa shape index (κ1) is 17.3. The molecule has 0 saturated carbocycles. The summed E-state index contributed by atoms with van der Waals surface area (Å²) in [6, 6.07) is 15.0. The van der Waals surface area contributed by atoms with E-state index >= 15 is 0 Å². The molecule has 0 spiro atoms. The Morgan fingerprint density at radius 1 is 1.12 bits per heavy atom. The molecule has 128 valence electrons. The van der Waals surface area contributed by atoms with Gasteiger partial charge < -0.3 is 10.3 Å². The van der Waals surface area contributed by atoms with Gasteiger partial charge in [-0.2, -0.15) is 0 Å². The number of aromatic amines is 1. The molecule has 0 unspecified atom stereocenters. The lowest BCUT2D eigenvalue weighted by Gasteiger charge is -2.07. The quantitative estimate of drug-likeness (QED) is 0.729. The molecular weight excluding hydrogens is 332 g/mol. The molecule has 25 heavy (non-hydrogen) atoms. The number of carbonyl (C=O) groups is 1. The lowest BCUT2D eigenvalue weighted by molar-refractivity contribution is -0.113. The number of anilines is 1. The van der Waals surface area contributed by atoms with E-state index in [0.717, 1.165) is 28.0 Å². The van der Waals surface area contributed by atoms with Crippen LogP contribution in [0.1, 0.15) is 16.8 Å². The molecule has 0 aliphatic rings. The molecule has 3 aromatic rings. The predicted octanol–water partition coefficient (Wildman–Crippen LogP) is 4.02. The van der Waals surface area contributed by atoms with Crippen molar-refractivity contribution in [3.8, 4) is 0 Å². The van der Waals surface area contributed by atoms with Crippen LogP contribution in [0, 0.1) is 13.8 Å². The zero-order valence-corrected chi connectivity index (χ0v) is 15.1. The highest BCUT2D eigenvalue weighted by molar-refractivity contribution is 7.99. The van der Waals surface area contributed by atoms with Crippen molar-refractivity contribution < 1.29 is 4.79 Å². The molecule has 2 aromatic carbocycles. The maximum Gasteiger partial charge on any atom is 0.234 e. The first-order valence-corrected chi connectivity index (χ1v) is 9.24. The summed E-state index contributed by atoms with van der Waals surface area (Å²) in [5.74, 6) is 0.871. The number of fused-ring (bicyclic) bond motifs is 1. The number of para-hydroxylation sites is 1. The van der Waals surface area contributed by atoms with Crippen LogP contribution in [0.15, 0.2) is 53.3 Å². The minimum absolute atomic E-state index is 0.0113. The van der Waals surface area contributed by atoms with E-state index in [1.165, 1.54) is 11.8 Å². The Morgan fingerprint density at radius 2 is 1.88 bits per heavy atom. The number of hydrogen-bond donors (Lipinski definition) is 2. The Morgan fingerprint density at radius 3 is 2.64 bits per heavy atom. The summed E-state index contributed by atoms with van der Waals surface area (Å²) in [7, 11) is 0. The normalized spacial score (nSPS) is 10.8. The average Bonchev–Trinajstić information content (AvgIpc) is 2.58. The van der Waals surface area contributed by atoms with Crippen molar-refractivity contribution in [3.63, 3.8) is 0 Å². The third-order valence-corrected chi connectivity index (χ3v) is 4.94. The number of thioether (sulfide) groups is 1. The lowest BCUT2D eigenvalue weighted by Crippen LogP contribution is -2.14. The van der Waals surface area contributed by atoms with Crippen LogP contribution in [-0.2, 0) is 10.5 Å². The number of H-pyrrole nitrogens is 1. The Hall–Kier alpha value is -2.53. The average molecular weight is 352 g/mol. The van der Waals surface area contributed by atoms with Crippen molar-refractivity contribution in [1.29, 1.82) is 0 Å². The van der Waals surface area contributed by atoms with Crippen LogP contribution in [0.2, 0.25) is 0 Å². The molecule has 1 heterocycles. The Bertz CT molecular complexity index is 962. The molecule has 5 heteroatoms. The maximum atomic E-state index is 12.2. The summed E-state index contributed by atoms with van der Waals surface area (Å²) in [5.41, 5.74) is 4.71. The van der Waals surface area contributed by atoms with Gasteiger partial charge in [-0.25, -0.2) is 0 Å². The fourth-order valence-electron chi connectivity index (χ4n) is 2.64. The molecule has 0 radical (unpaired) electrons. The summed E-state index contributed by atoms with van der Waals surface area (Å²) < 4.78 is 0. The van der Waals surface area contributed by atoms with Crippen molar-refractivity contribution >= 4 is 34.3 Å². The molecule has 2 N–H and O–H groups in total. The van der Waals surface area contributed by atoms with Crippen LogP contribution in [0.4, 0.5) is 5.69 Å². The van der Waals surface area contributed by atoms with Crippen LogP contribution >= 0.6 is 11.8 Å². The first-order valence-electron chi connectivity index (χ1n) is 8.09. The van der Waals surface area contributed by atoms with Crippen LogP contribution in [0.3, 0.4) is 0 Å². The SMILES string of the molecule is Cc1ccc(NC(=O)CSCc2cc(=O)c3cccc(C)c3[nH]2)cc1. The maximum absolute atomic E-state index is 12.2. The second-order valence-corrected chi connectivity index (χ2v) is 7.05. The van der Waals surface area contributed by atoms with Gasteiger partial charge in [0.25, 0.3) is 0 Å².